The van der Waals surface area contributed by atoms with Gasteiger partial charge in [-0.05, 0) is 81.0 Å². The largest absolute Gasteiger partial charge is 0.396 e. The molecule has 5 fully saturated rings. The van der Waals surface area contributed by atoms with E-state index in [-0.39, 0.29) is 29.1 Å². The highest BCUT2D eigenvalue weighted by Crippen LogP contribution is 2.73. The van der Waals surface area contributed by atoms with Crippen LogP contribution in [0.5, 0.6) is 0 Å². The predicted molar refractivity (Wildman–Crippen MR) is 97.5 cm³/mol. The van der Waals surface area contributed by atoms with E-state index in [4.69, 9.17) is 4.74 Å². The van der Waals surface area contributed by atoms with Gasteiger partial charge in [-0.25, -0.2) is 0 Å². The monoisotopic (exact) mass is 362 g/mol. The fourth-order valence-corrected chi connectivity index (χ4v) is 8.39. The second-order valence-electron chi connectivity index (χ2n) is 10.5. The fraction of sp³-hybridized carbons (Fsp3) is 0.955. The van der Waals surface area contributed by atoms with Gasteiger partial charge in [0.25, 0.3) is 0 Å². The van der Waals surface area contributed by atoms with Crippen LogP contribution in [-0.4, -0.2) is 39.9 Å². The molecule has 1 spiro atoms. The molecule has 2 N–H and O–H groups in total. The average molecular weight is 363 g/mol. The maximum Gasteiger partial charge on any atom is 0.164 e. The molecule has 1 saturated heterocycles. The quantitative estimate of drug-likeness (QED) is 0.756. The van der Waals surface area contributed by atoms with Gasteiger partial charge in [-0.15, -0.1) is 0 Å². The molecule has 1 heterocycles. The summed E-state index contributed by atoms with van der Waals surface area (Å²) in [7, 11) is 0. The van der Waals surface area contributed by atoms with Gasteiger partial charge in [-0.2, -0.15) is 0 Å². The molecule has 8 atom stereocenters. The first kappa shape index (κ1) is 17.6. The van der Waals surface area contributed by atoms with Crippen molar-refractivity contribution in [2.24, 2.45) is 28.6 Å². The Kier molecular flexibility index (Phi) is 3.61. The molecule has 0 amide bonds. The lowest BCUT2D eigenvalue weighted by atomic mass is 9.44. The zero-order valence-electron chi connectivity index (χ0n) is 16.3. The summed E-state index contributed by atoms with van der Waals surface area (Å²) in [5.41, 5.74) is -0.633. The Labute approximate surface area is 156 Å². The third-order valence-electron chi connectivity index (χ3n) is 10.0. The Bertz CT molecular complexity index is 634. The van der Waals surface area contributed by atoms with Crippen LogP contribution < -0.4 is 0 Å². The number of ether oxygens (including phenoxy) is 1. The normalized spacial score (nSPS) is 57.8. The van der Waals surface area contributed by atoms with Crippen LogP contribution in [0.2, 0.25) is 0 Å². The van der Waals surface area contributed by atoms with Crippen LogP contribution in [0.15, 0.2) is 0 Å². The molecule has 146 valence electrons. The van der Waals surface area contributed by atoms with Crippen molar-refractivity contribution in [2.45, 2.75) is 95.4 Å². The number of epoxide rings is 1. The summed E-state index contributed by atoms with van der Waals surface area (Å²) in [6.45, 7) is 4.90. The first-order valence-corrected chi connectivity index (χ1v) is 10.9. The first-order valence-electron chi connectivity index (χ1n) is 10.9. The molecule has 0 radical (unpaired) electrons. The third kappa shape index (κ3) is 1.89. The van der Waals surface area contributed by atoms with Crippen LogP contribution in [0.25, 0.3) is 0 Å². The van der Waals surface area contributed by atoms with Crippen molar-refractivity contribution in [1.29, 1.82) is 0 Å². The topological polar surface area (TPSA) is 70.1 Å². The highest BCUT2D eigenvalue weighted by Gasteiger charge is 2.77. The summed E-state index contributed by atoms with van der Waals surface area (Å²) >= 11 is 0. The summed E-state index contributed by atoms with van der Waals surface area (Å²) in [4.78, 5) is 12.2. The van der Waals surface area contributed by atoms with E-state index >= 15 is 0 Å². The van der Waals surface area contributed by atoms with E-state index in [1.165, 1.54) is 0 Å². The lowest BCUT2D eigenvalue weighted by Crippen LogP contribution is -2.59. The minimum absolute atomic E-state index is 0.0154. The van der Waals surface area contributed by atoms with Crippen LogP contribution in [0.3, 0.4) is 0 Å². The Hall–Kier alpha value is -0.450. The van der Waals surface area contributed by atoms with Crippen LogP contribution >= 0.6 is 0 Å². The Balaban J connectivity index is 1.44. The second-order valence-corrected chi connectivity index (χ2v) is 10.5. The van der Waals surface area contributed by atoms with E-state index < -0.39 is 5.60 Å². The molecule has 26 heavy (non-hydrogen) atoms. The van der Waals surface area contributed by atoms with E-state index in [2.05, 4.69) is 13.8 Å². The minimum atomic E-state index is -0.609. The number of fused-ring (bicyclic) bond motifs is 4. The van der Waals surface area contributed by atoms with E-state index in [1.54, 1.807) is 0 Å². The summed E-state index contributed by atoms with van der Waals surface area (Å²) in [6.07, 6.45) is 9.41. The second kappa shape index (κ2) is 5.33. The number of aliphatic hydroxyl groups is 2. The lowest BCUT2D eigenvalue weighted by molar-refractivity contribution is -0.156. The molecule has 0 aromatic rings. The van der Waals surface area contributed by atoms with Gasteiger partial charge in [0.05, 0.1) is 5.60 Å². The van der Waals surface area contributed by atoms with Crippen molar-refractivity contribution in [2.75, 3.05) is 6.61 Å². The number of hydrogen-bond acceptors (Lipinski definition) is 4. The van der Waals surface area contributed by atoms with Crippen molar-refractivity contribution in [3.05, 3.63) is 0 Å². The molecule has 1 aliphatic heterocycles. The molecule has 4 heteroatoms. The third-order valence-corrected chi connectivity index (χ3v) is 10.0. The molecule has 0 aromatic heterocycles. The first-order chi connectivity index (χ1) is 12.3. The molecule has 3 unspecified atom stereocenters. The number of carbonyl (C=O) groups is 1. The highest BCUT2D eigenvalue weighted by molar-refractivity contribution is 5.88. The molecule has 4 nitrogen and oxygen atoms in total. The van der Waals surface area contributed by atoms with E-state index in [1.807, 2.05) is 0 Å². The van der Waals surface area contributed by atoms with Gasteiger partial charge in [0.1, 0.15) is 11.7 Å². The van der Waals surface area contributed by atoms with Crippen LogP contribution in [0, 0.1) is 28.6 Å². The standard InChI is InChI=1S/C22H34O4/c1-19-9-5-16-14(15(19)6-11-21(19,25)8-3-13-23)4-12-22-18(26-22)17(24)7-10-20(16,22)2/h14-16,18,23,25H,3-13H2,1-2H3/t14-,15-,16+,18?,19-,20+,21?,22?/m0/s1. The van der Waals surface area contributed by atoms with Gasteiger partial charge < -0.3 is 14.9 Å². The van der Waals surface area contributed by atoms with Gasteiger partial charge in [0.2, 0.25) is 0 Å². The fourth-order valence-electron chi connectivity index (χ4n) is 8.39. The summed E-state index contributed by atoms with van der Waals surface area (Å²) < 4.78 is 6.14. The molecular formula is C22H34O4. The molecule has 0 bridgehead atoms. The minimum Gasteiger partial charge on any atom is -0.396 e. The Morgan fingerprint density at radius 3 is 2.54 bits per heavy atom. The summed E-state index contributed by atoms with van der Waals surface area (Å²) in [5, 5.41) is 20.8. The van der Waals surface area contributed by atoms with Crippen LogP contribution in [0.1, 0.15) is 78.1 Å². The number of carbonyl (C=O) groups excluding carboxylic acids is 1. The molecular weight excluding hydrogens is 328 g/mol. The van der Waals surface area contributed by atoms with Crippen LogP contribution in [-0.2, 0) is 9.53 Å². The van der Waals surface area contributed by atoms with Crippen molar-refractivity contribution < 1.29 is 19.7 Å². The zero-order chi connectivity index (χ0) is 18.4. The van der Waals surface area contributed by atoms with Gasteiger partial charge in [-0.3, -0.25) is 4.79 Å². The van der Waals surface area contributed by atoms with E-state index in [0.717, 1.165) is 51.4 Å². The van der Waals surface area contributed by atoms with E-state index in [9.17, 15) is 15.0 Å². The Morgan fingerprint density at radius 1 is 1.04 bits per heavy atom. The summed E-state index contributed by atoms with van der Waals surface area (Å²) in [6, 6.07) is 0. The van der Waals surface area contributed by atoms with Gasteiger partial charge in [0, 0.05) is 18.4 Å². The maximum absolute atomic E-state index is 12.2. The van der Waals surface area contributed by atoms with Crippen LogP contribution in [0.4, 0.5) is 0 Å². The molecule has 5 rings (SSSR count). The number of rotatable bonds is 3. The number of hydrogen-bond donors (Lipinski definition) is 2. The number of Topliss-reactive ketones (excluding diaryl/α,β-unsaturated/α-hetero) is 1. The Morgan fingerprint density at radius 2 is 1.77 bits per heavy atom. The lowest BCUT2D eigenvalue weighted by Gasteiger charge is -2.60. The average Bonchev–Trinajstić information content (AvgIpc) is 3.31. The van der Waals surface area contributed by atoms with Crippen molar-refractivity contribution in [1.82, 2.24) is 0 Å². The molecule has 0 aromatic carbocycles. The zero-order valence-corrected chi connectivity index (χ0v) is 16.3. The SMILES string of the molecule is C[C@]12CC[C@@H]3[C@@H](CCC45OC4C(=O)CC[C@]35C)[C@@H]1CCC2(O)CCCO. The highest BCUT2D eigenvalue weighted by atomic mass is 16.6. The summed E-state index contributed by atoms with van der Waals surface area (Å²) in [5.74, 6) is 2.20. The number of aliphatic hydroxyl groups excluding tert-OH is 1. The molecule has 4 saturated carbocycles. The van der Waals surface area contributed by atoms with Gasteiger partial charge in [-0.1, -0.05) is 13.8 Å². The van der Waals surface area contributed by atoms with Crippen molar-refractivity contribution >= 4 is 5.78 Å². The maximum atomic E-state index is 12.2. The number of ketones is 1. The van der Waals surface area contributed by atoms with Gasteiger partial charge in [0.15, 0.2) is 5.78 Å². The van der Waals surface area contributed by atoms with E-state index in [0.29, 0.717) is 36.4 Å². The van der Waals surface area contributed by atoms with Gasteiger partial charge >= 0.3 is 0 Å². The van der Waals surface area contributed by atoms with Crippen molar-refractivity contribution in [3.8, 4) is 0 Å². The predicted octanol–water partition coefficient (Wildman–Crippen LogP) is 3.23. The smallest absolute Gasteiger partial charge is 0.164 e. The molecule has 5 aliphatic rings. The molecule has 4 aliphatic carbocycles. The van der Waals surface area contributed by atoms with Crippen molar-refractivity contribution in [3.63, 3.8) is 0 Å².